The third-order valence-corrected chi connectivity index (χ3v) is 4.11. The molecule has 1 heterocycles. The van der Waals surface area contributed by atoms with Crippen LogP contribution in [0.4, 0.5) is 11.4 Å². The topological polar surface area (TPSA) is 73.0 Å². The zero-order valence-corrected chi connectivity index (χ0v) is 13.2. The van der Waals surface area contributed by atoms with Crippen molar-refractivity contribution in [2.45, 2.75) is 6.42 Å². The first-order valence-electron chi connectivity index (χ1n) is 7.78. The molecule has 122 valence electrons. The molecule has 0 atom stereocenters. The number of nitrogen functional groups attached to an aromatic ring is 1. The lowest BCUT2D eigenvalue weighted by molar-refractivity contribution is -0.119. The molecule has 0 aromatic heterocycles. The maximum atomic E-state index is 12.4. The van der Waals surface area contributed by atoms with Crippen LogP contribution in [0.25, 0.3) is 0 Å². The van der Waals surface area contributed by atoms with Crippen LogP contribution in [0.1, 0.15) is 6.42 Å². The summed E-state index contributed by atoms with van der Waals surface area (Å²) in [7, 11) is 1.80. The first-order valence-corrected chi connectivity index (χ1v) is 7.78. The van der Waals surface area contributed by atoms with Crippen LogP contribution in [0, 0.1) is 0 Å². The van der Waals surface area contributed by atoms with Gasteiger partial charge in [0.25, 0.3) is 0 Å². The van der Waals surface area contributed by atoms with Crippen molar-refractivity contribution in [1.82, 2.24) is 9.80 Å². The van der Waals surface area contributed by atoms with Crippen molar-refractivity contribution in [3.05, 3.63) is 24.3 Å². The van der Waals surface area contributed by atoms with Gasteiger partial charge in [-0.25, -0.2) is 0 Å². The van der Waals surface area contributed by atoms with Crippen LogP contribution in [0.2, 0.25) is 0 Å². The molecule has 0 radical (unpaired) electrons. The second-order valence-corrected chi connectivity index (χ2v) is 5.74. The smallest absolute Gasteiger partial charge is 0.240 e. The summed E-state index contributed by atoms with van der Waals surface area (Å²) in [4.78, 5) is 18.6. The maximum Gasteiger partial charge on any atom is 0.240 e. The highest BCUT2D eigenvalue weighted by molar-refractivity contribution is 5.94. The number of amides is 1. The summed E-state index contributed by atoms with van der Waals surface area (Å²) in [6, 6.07) is 7.33. The molecule has 6 heteroatoms. The predicted molar refractivity (Wildman–Crippen MR) is 88.8 cm³/mol. The van der Waals surface area contributed by atoms with Crippen molar-refractivity contribution in [2.24, 2.45) is 0 Å². The van der Waals surface area contributed by atoms with Gasteiger partial charge in [-0.15, -0.1) is 0 Å². The van der Waals surface area contributed by atoms with Crippen molar-refractivity contribution >= 4 is 17.3 Å². The fourth-order valence-electron chi connectivity index (χ4n) is 2.60. The Balaban J connectivity index is 1.79. The van der Waals surface area contributed by atoms with Crippen LogP contribution < -0.4 is 10.6 Å². The van der Waals surface area contributed by atoms with E-state index in [2.05, 4.69) is 9.80 Å². The Morgan fingerprint density at radius 1 is 1.18 bits per heavy atom. The number of piperazine rings is 1. The Hall–Kier alpha value is -1.63. The third kappa shape index (κ3) is 4.69. The van der Waals surface area contributed by atoms with Crippen LogP contribution in [0.5, 0.6) is 0 Å². The summed E-state index contributed by atoms with van der Waals surface area (Å²) in [5, 5.41) is 8.86. The van der Waals surface area contributed by atoms with Gasteiger partial charge >= 0.3 is 0 Å². The average molecular weight is 306 g/mol. The summed E-state index contributed by atoms with van der Waals surface area (Å²) < 4.78 is 0. The molecule has 0 aliphatic carbocycles. The molecule has 1 aliphatic heterocycles. The van der Waals surface area contributed by atoms with Gasteiger partial charge in [0, 0.05) is 57.8 Å². The minimum Gasteiger partial charge on any atom is -0.399 e. The highest BCUT2D eigenvalue weighted by Crippen LogP contribution is 2.15. The molecule has 0 saturated carbocycles. The van der Waals surface area contributed by atoms with E-state index in [1.807, 2.05) is 12.1 Å². The standard InChI is InChI=1S/C16H26N4O2/c1-18(15-5-3-14(17)4-6-15)16(22)13-20-10-8-19(9-11-20)7-2-12-21/h3-6,21H,2,7-13,17H2,1H3. The van der Waals surface area contributed by atoms with E-state index < -0.39 is 0 Å². The third-order valence-electron chi connectivity index (χ3n) is 4.11. The second-order valence-electron chi connectivity index (χ2n) is 5.74. The molecule has 0 unspecified atom stereocenters. The van der Waals surface area contributed by atoms with Gasteiger partial charge in [0.1, 0.15) is 0 Å². The minimum absolute atomic E-state index is 0.0913. The van der Waals surface area contributed by atoms with Gasteiger partial charge in [-0.2, -0.15) is 0 Å². The first kappa shape index (κ1) is 16.7. The molecular formula is C16H26N4O2. The summed E-state index contributed by atoms with van der Waals surface area (Å²) in [5.74, 6) is 0.0913. The van der Waals surface area contributed by atoms with E-state index in [4.69, 9.17) is 10.8 Å². The summed E-state index contributed by atoms with van der Waals surface area (Å²) >= 11 is 0. The van der Waals surface area contributed by atoms with E-state index >= 15 is 0 Å². The van der Waals surface area contributed by atoms with Crippen molar-refractivity contribution in [3.8, 4) is 0 Å². The number of hydrogen-bond donors (Lipinski definition) is 2. The van der Waals surface area contributed by atoms with Crippen molar-refractivity contribution in [2.75, 3.05) is 63.6 Å². The maximum absolute atomic E-state index is 12.4. The van der Waals surface area contributed by atoms with Crippen LogP contribution in [0.3, 0.4) is 0 Å². The molecule has 0 bridgehead atoms. The zero-order valence-electron chi connectivity index (χ0n) is 13.2. The zero-order chi connectivity index (χ0) is 15.9. The molecule has 1 aromatic rings. The molecule has 1 saturated heterocycles. The number of rotatable bonds is 6. The van der Waals surface area contributed by atoms with Crippen molar-refractivity contribution < 1.29 is 9.90 Å². The minimum atomic E-state index is 0.0913. The summed E-state index contributed by atoms with van der Waals surface area (Å²) in [6.07, 6.45) is 0.818. The Morgan fingerprint density at radius 2 is 1.77 bits per heavy atom. The van der Waals surface area contributed by atoms with Crippen LogP contribution in [-0.2, 0) is 4.79 Å². The lowest BCUT2D eigenvalue weighted by Crippen LogP contribution is -2.49. The van der Waals surface area contributed by atoms with Gasteiger partial charge in [0.2, 0.25) is 5.91 Å². The molecule has 0 spiro atoms. The largest absolute Gasteiger partial charge is 0.399 e. The molecular weight excluding hydrogens is 280 g/mol. The average Bonchev–Trinajstić information content (AvgIpc) is 2.54. The predicted octanol–water partition coefficient (Wildman–Crippen LogP) is 0.232. The number of carbonyl (C=O) groups excluding carboxylic acids is 1. The lowest BCUT2D eigenvalue weighted by Gasteiger charge is -2.34. The fraction of sp³-hybridized carbons (Fsp3) is 0.562. The van der Waals surface area contributed by atoms with E-state index in [0.717, 1.165) is 44.8 Å². The molecule has 1 fully saturated rings. The first-order chi connectivity index (χ1) is 10.6. The number of aliphatic hydroxyl groups excluding tert-OH is 1. The molecule has 1 aliphatic rings. The van der Waals surface area contributed by atoms with Gasteiger partial charge in [0.15, 0.2) is 0 Å². The van der Waals surface area contributed by atoms with E-state index in [0.29, 0.717) is 12.2 Å². The van der Waals surface area contributed by atoms with Crippen molar-refractivity contribution in [3.63, 3.8) is 0 Å². The summed E-state index contributed by atoms with van der Waals surface area (Å²) in [6.45, 7) is 5.32. The van der Waals surface area contributed by atoms with Crippen LogP contribution in [-0.4, -0.2) is 73.7 Å². The Bertz CT molecular complexity index is 470. The van der Waals surface area contributed by atoms with Gasteiger partial charge in [-0.1, -0.05) is 0 Å². The van der Waals surface area contributed by atoms with E-state index in [-0.39, 0.29) is 12.5 Å². The Kier molecular flexibility index (Phi) is 6.18. The van der Waals surface area contributed by atoms with Gasteiger partial charge < -0.3 is 20.6 Å². The molecule has 6 nitrogen and oxygen atoms in total. The number of likely N-dealkylation sites (N-methyl/N-ethyl adjacent to an activating group) is 1. The van der Waals surface area contributed by atoms with E-state index in [1.165, 1.54) is 0 Å². The number of anilines is 2. The number of carbonyl (C=O) groups is 1. The monoisotopic (exact) mass is 306 g/mol. The summed E-state index contributed by atoms with van der Waals surface area (Å²) in [5.41, 5.74) is 7.23. The SMILES string of the molecule is CN(C(=O)CN1CCN(CCCO)CC1)c1ccc(N)cc1. The molecule has 1 amide bonds. The van der Waals surface area contributed by atoms with Crippen LogP contribution >= 0.6 is 0 Å². The van der Waals surface area contributed by atoms with E-state index in [1.54, 1.807) is 24.1 Å². The van der Waals surface area contributed by atoms with Crippen molar-refractivity contribution in [1.29, 1.82) is 0 Å². The molecule has 22 heavy (non-hydrogen) atoms. The quantitative estimate of drug-likeness (QED) is 0.736. The highest BCUT2D eigenvalue weighted by atomic mass is 16.3. The molecule has 2 rings (SSSR count). The highest BCUT2D eigenvalue weighted by Gasteiger charge is 2.20. The van der Waals surface area contributed by atoms with E-state index in [9.17, 15) is 4.79 Å². The lowest BCUT2D eigenvalue weighted by atomic mass is 10.2. The second kappa shape index (κ2) is 8.12. The number of benzene rings is 1. The Morgan fingerprint density at radius 3 is 2.36 bits per heavy atom. The van der Waals surface area contributed by atoms with Gasteiger partial charge in [-0.3, -0.25) is 9.69 Å². The normalized spacial score (nSPS) is 16.6. The van der Waals surface area contributed by atoms with Gasteiger partial charge in [0.05, 0.1) is 6.54 Å². The van der Waals surface area contributed by atoms with Crippen LogP contribution in [0.15, 0.2) is 24.3 Å². The molecule has 1 aromatic carbocycles. The number of aliphatic hydroxyl groups is 1. The Labute approximate surface area is 132 Å². The number of hydrogen-bond acceptors (Lipinski definition) is 5. The molecule has 3 N–H and O–H groups in total. The number of nitrogens with two attached hydrogens (primary N) is 1. The van der Waals surface area contributed by atoms with Gasteiger partial charge in [-0.05, 0) is 30.7 Å². The number of nitrogens with zero attached hydrogens (tertiary/aromatic N) is 3. The fourth-order valence-corrected chi connectivity index (χ4v) is 2.60.